The summed E-state index contributed by atoms with van der Waals surface area (Å²) in [5.74, 6) is -2.45. The first-order valence-electron chi connectivity index (χ1n) is 5.22. The predicted octanol–water partition coefficient (Wildman–Crippen LogP) is 1.58. The van der Waals surface area contributed by atoms with E-state index in [1.54, 1.807) is 19.9 Å². The van der Waals surface area contributed by atoms with Crippen LogP contribution in [0, 0.1) is 18.3 Å². The number of carboxylic acids is 2. The van der Waals surface area contributed by atoms with E-state index in [-0.39, 0.29) is 5.69 Å². The Balaban J connectivity index is 3.46. The Morgan fingerprint density at radius 2 is 2.06 bits per heavy atom. The Bertz CT molecular complexity index is 576. The van der Waals surface area contributed by atoms with Crippen molar-refractivity contribution in [2.75, 3.05) is 0 Å². The molecule has 0 bridgehead atoms. The predicted molar refractivity (Wildman–Crippen MR) is 63.1 cm³/mol. The summed E-state index contributed by atoms with van der Waals surface area (Å²) in [5, 5.41) is 26.5. The smallest absolute Gasteiger partial charge is 0.352 e. The molecule has 1 aromatic rings. The van der Waals surface area contributed by atoms with Crippen LogP contribution in [0.4, 0.5) is 0 Å². The molecule has 0 aliphatic rings. The largest absolute Gasteiger partial charge is 0.477 e. The molecule has 0 radical (unpaired) electrons. The number of hydrogen-bond donors (Lipinski definition) is 3. The second-order valence-corrected chi connectivity index (χ2v) is 3.65. The van der Waals surface area contributed by atoms with E-state index in [9.17, 15) is 9.59 Å². The molecule has 3 N–H and O–H groups in total. The van der Waals surface area contributed by atoms with Crippen LogP contribution in [-0.4, -0.2) is 27.1 Å². The number of aromatic amines is 1. The van der Waals surface area contributed by atoms with Crippen LogP contribution in [0.5, 0.6) is 0 Å². The van der Waals surface area contributed by atoms with Gasteiger partial charge in [-0.25, -0.2) is 9.59 Å². The van der Waals surface area contributed by atoms with Gasteiger partial charge in [0, 0.05) is 11.3 Å². The van der Waals surface area contributed by atoms with Gasteiger partial charge in [-0.2, -0.15) is 5.26 Å². The van der Waals surface area contributed by atoms with Gasteiger partial charge in [0.15, 0.2) is 0 Å². The Morgan fingerprint density at radius 3 is 2.44 bits per heavy atom. The molecule has 0 fully saturated rings. The van der Waals surface area contributed by atoms with Crippen LogP contribution in [0.1, 0.15) is 34.2 Å². The lowest BCUT2D eigenvalue weighted by atomic mass is 10.1. The molecule has 0 atom stereocenters. The minimum absolute atomic E-state index is 0.0146. The molecule has 18 heavy (non-hydrogen) atoms. The number of hydrogen-bond acceptors (Lipinski definition) is 3. The first kappa shape index (κ1) is 13.5. The van der Waals surface area contributed by atoms with Gasteiger partial charge in [0.05, 0.1) is 0 Å². The number of carbonyl (C=O) groups is 2. The minimum Gasteiger partial charge on any atom is -0.477 e. The van der Waals surface area contributed by atoms with Gasteiger partial charge in [-0.3, -0.25) is 0 Å². The molecule has 0 aromatic carbocycles. The number of nitrogens with zero attached hydrogens (tertiary/aromatic N) is 1. The summed E-state index contributed by atoms with van der Waals surface area (Å²) in [5.41, 5.74) is 1.06. The van der Waals surface area contributed by atoms with E-state index >= 15 is 0 Å². The summed E-state index contributed by atoms with van der Waals surface area (Å²) in [7, 11) is 0. The van der Waals surface area contributed by atoms with Crippen molar-refractivity contribution in [2.45, 2.75) is 20.3 Å². The zero-order valence-corrected chi connectivity index (χ0v) is 9.94. The number of H-pyrrole nitrogens is 1. The Kier molecular flexibility index (Phi) is 3.89. The van der Waals surface area contributed by atoms with Crippen molar-refractivity contribution in [3.63, 3.8) is 0 Å². The van der Waals surface area contributed by atoms with Crippen molar-refractivity contribution in [1.29, 1.82) is 5.26 Å². The standard InChI is InChI=1S/C12H12N2O4/c1-3-9-8(4-7(5-13)11(15)16)6(2)10(14-9)12(17)18/h4,14H,3H2,1-2H3,(H,15,16)(H,17,18)/b7-4+. The fraction of sp³-hybridized carbons (Fsp3) is 0.250. The first-order chi connectivity index (χ1) is 8.42. The van der Waals surface area contributed by atoms with Gasteiger partial charge in [-0.15, -0.1) is 0 Å². The number of aromatic carboxylic acids is 1. The zero-order chi connectivity index (χ0) is 13.9. The van der Waals surface area contributed by atoms with Crippen LogP contribution in [-0.2, 0) is 11.2 Å². The second kappa shape index (κ2) is 5.19. The summed E-state index contributed by atoms with van der Waals surface area (Å²) >= 11 is 0. The van der Waals surface area contributed by atoms with Gasteiger partial charge in [-0.1, -0.05) is 6.92 Å². The molecule has 0 unspecified atom stereocenters. The lowest BCUT2D eigenvalue weighted by molar-refractivity contribution is -0.132. The van der Waals surface area contributed by atoms with Crippen molar-refractivity contribution >= 4 is 18.0 Å². The van der Waals surface area contributed by atoms with E-state index < -0.39 is 17.5 Å². The molecule has 6 nitrogen and oxygen atoms in total. The third-order valence-corrected chi connectivity index (χ3v) is 2.59. The first-order valence-corrected chi connectivity index (χ1v) is 5.22. The average molecular weight is 248 g/mol. The lowest BCUT2D eigenvalue weighted by Crippen LogP contribution is -1.99. The van der Waals surface area contributed by atoms with Crippen molar-refractivity contribution in [2.24, 2.45) is 0 Å². The van der Waals surface area contributed by atoms with Gasteiger partial charge < -0.3 is 15.2 Å². The molecule has 0 spiro atoms. The molecule has 1 rings (SSSR count). The molecular weight excluding hydrogens is 236 g/mol. The van der Waals surface area contributed by atoms with Crippen LogP contribution in [0.2, 0.25) is 0 Å². The van der Waals surface area contributed by atoms with E-state index in [0.717, 1.165) is 0 Å². The van der Waals surface area contributed by atoms with Crippen molar-refractivity contribution in [3.05, 3.63) is 28.1 Å². The Labute approximate surface area is 103 Å². The maximum Gasteiger partial charge on any atom is 0.352 e. The van der Waals surface area contributed by atoms with E-state index in [2.05, 4.69) is 4.98 Å². The molecule has 94 valence electrons. The van der Waals surface area contributed by atoms with E-state index in [4.69, 9.17) is 15.5 Å². The number of nitrogens with one attached hydrogen (secondary N) is 1. The maximum atomic E-state index is 11.0. The van der Waals surface area contributed by atoms with Crippen LogP contribution in [0.25, 0.3) is 6.08 Å². The highest BCUT2D eigenvalue weighted by Gasteiger charge is 2.18. The number of nitriles is 1. The van der Waals surface area contributed by atoms with Crippen molar-refractivity contribution in [3.8, 4) is 6.07 Å². The van der Waals surface area contributed by atoms with Crippen molar-refractivity contribution < 1.29 is 19.8 Å². The van der Waals surface area contributed by atoms with Crippen LogP contribution < -0.4 is 0 Å². The quantitative estimate of drug-likeness (QED) is 0.552. The molecule has 1 heterocycles. The number of aryl methyl sites for hydroxylation is 1. The van der Waals surface area contributed by atoms with Crippen LogP contribution >= 0.6 is 0 Å². The number of aromatic nitrogens is 1. The topological polar surface area (TPSA) is 114 Å². The third-order valence-electron chi connectivity index (χ3n) is 2.59. The average Bonchev–Trinajstić information content (AvgIpc) is 2.62. The van der Waals surface area contributed by atoms with Gasteiger partial charge in [0.1, 0.15) is 17.3 Å². The number of rotatable bonds is 4. The molecule has 0 aliphatic carbocycles. The summed E-state index contributed by atoms with van der Waals surface area (Å²) in [6, 6.07) is 1.57. The van der Waals surface area contributed by atoms with Gasteiger partial charge in [0.2, 0.25) is 0 Å². The number of carboxylic acid groups (broad SMARTS) is 2. The summed E-state index contributed by atoms with van der Waals surface area (Å²) < 4.78 is 0. The summed E-state index contributed by atoms with van der Waals surface area (Å²) in [6.45, 7) is 3.38. The zero-order valence-electron chi connectivity index (χ0n) is 9.94. The highest BCUT2D eigenvalue weighted by molar-refractivity contribution is 5.98. The Morgan fingerprint density at radius 1 is 1.44 bits per heavy atom. The highest BCUT2D eigenvalue weighted by atomic mass is 16.4. The van der Waals surface area contributed by atoms with Gasteiger partial charge >= 0.3 is 11.9 Å². The van der Waals surface area contributed by atoms with E-state index in [1.165, 1.54) is 6.08 Å². The molecule has 0 amide bonds. The molecule has 0 aliphatic heterocycles. The molecule has 1 aromatic heterocycles. The van der Waals surface area contributed by atoms with Crippen LogP contribution in [0.3, 0.4) is 0 Å². The summed E-state index contributed by atoms with van der Waals surface area (Å²) in [4.78, 5) is 24.4. The highest BCUT2D eigenvalue weighted by Crippen LogP contribution is 2.22. The molecule has 0 saturated heterocycles. The monoisotopic (exact) mass is 248 g/mol. The SMILES string of the molecule is CCc1[nH]c(C(=O)O)c(C)c1/C=C(\C#N)C(=O)O. The fourth-order valence-electron chi connectivity index (χ4n) is 1.65. The lowest BCUT2D eigenvalue weighted by Gasteiger charge is -1.97. The third kappa shape index (κ3) is 2.40. The fourth-order valence-corrected chi connectivity index (χ4v) is 1.65. The molecule has 0 saturated carbocycles. The normalized spacial score (nSPS) is 11.1. The van der Waals surface area contributed by atoms with E-state index in [1.807, 2.05) is 0 Å². The number of aliphatic carboxylic acids is 1. The van der Waals surface area contributed by atoms with Gasteiger partial charge in [-0.05, 0) is 25.0 Å². The minimum atomic E-state index is -1.34. The Hall–Kier alpha value is -2.55. The van der Waals surface area contributed by atoms with Gasteiger partial charge in [0.25, 0.3) is 0 Å². The molecule has 6 heteroatoms. The second-order valence-electron chi connectivity index (χ2n) is 3.65. The van der Waals surface area contributed by atoms with E-state index in [0.29, 0.717) is 23.2 Å². The van der Waals surface area contributed by atoms with Crippen LogP contribution in [0.15, 0.2) is 5.57 Å². The maximum absolute atomic E-state index is 11.0. The van der Waals surface area contributed by atoms with Crippen molar-refractivity contribution in [1.82, 2.24) is 4.98 Å². The summed E-state index contributed by atoms with van der Waals surface area (Å²) in [6.07, 6.45) is 1.71. The molecular formula is C12H12N2O4.